The van der Waals surface area contributed by atoms with Crippen LogP contribution >= 0.6 is 0 Å². The maximum absolute atomic E-state index is 13.5. The Kier molecular flexibility index (Phi) is 3.57. The normalized spacial score (nSPS) is 12.0. The van der Waals surface area contributed by atoms with Gasteiger partial charge in [-0.05, 0) is 30.3 Å². The molecule has 0 radical (unpaired) electrons. The number of benzene rings is 2. The number of nitrogens with one attached hydrogen (secondary N) is 2. The van der Waals surface area contributed by atoms with Gasteiger partial charge in [0.2, 0.25) is 0 Å². The molecular formula is C18H10F5N3. The van der Waals surface area contributed by atoms with Crippen LogP contribution in [0.4, 0.5) is 33.5 Å². The van der Waals surface area contributed by atoms with Crippen LogP contribution in [0.3, 0.4) is 0 Å². The first-order valence-electron chi connectivity index (χ1n) is 7.53. The summed E-state index contributed by atoms with van der Waals surface area (Å²) in [6.45, 7) is 0. The van der Waals surface area contributed by atoms with Crippen LogP contribution in [0.25, 0.3) is 21.8 Å². The molecule has 0 fully saturated rings. The Morgan fingerprint density at radius 3 is 2.46 bits per heavy atom. The summed E-state index contributed by atoms with van der Waals surface area (Å²) in [6.07, 6.45) is -2.98. The molecule has 4 aromatic rings. The lowest BCUT2D eigenvalue weighted by Crippen LogP contribution is -2.06. The van der Waals surface area contributed by atoms with Crippen LogP contribution in [0.5, 0.6) is 0 Å². The minimum absolute atomic E-state index is 0.0161. The third-order valence-corrected chi connectivity index (χ3v) is 4.02. The third-order valence-electron chi connectivity index (χ3n) is 4.02. The molecule has 0 atom stereocenters. The predicted molar refractivity (Wildman–Crippen MR) is 88.2 cm³/mol. The fraction of sp³-hybridized carbons (Fsp3) is 0.0556. The van der Waals surface area contributed by atoms with Gasteiger partial charge in [0, 0.05) is 23.0 Å². The molecule has 0 aliphatic rings. The lowest BCUT2D eigenvalue weighted by atomic mass is 10.1. The molecule has 2 aromatic heterocycles. The number of pyridine rings is 1. The number of fused-ring (bicyclic) bond motifs is 2. The van der Waals surface area contributed by atoms with Crippen molar-refractivity contribution in [2.45, 2.75) is 6.18 Å². The first-order valence-corrected chi connectivity index (χ1v) is 7.53. The second-order valence-corrected chi connectivity index (χ2v) is 5.71. The van der Waals surface area contributed by atoms with Crippen molar-refractivity contribution in [2.24, 2.45) is 0 Å². The molecule has 2 N–H and O–H groups in total. The summed E-state index contributed by atoms with van der Waals surface area (Å²) in [5, 5.41) is 3.29. The van der Waals surface area contributed by atoms with E-state index in [2.05, 4.69) is 15.3 Å². The van der Waals surface area contributed by atoms with E-state index in [1.165, 1.54) is 30.5 Å². The number of nitrogens with zero attached hydrogens (tertiary/aromatic N) is 1. The van der Waals surface area contributed by atoms with Gasteiger partial charge in [-0.25, -0.2) is 13.8 Å². The molecule has 0 aliphatic heterocycles. The van der Waals surface area contributed by atoms with Crippen LogP contribution in [-0.2, 0) is 6.18 Å². The fourth-order valence-electron chi connectivity index (χ4n) is 2.83. The zero-order valence-corrected chi connectivity index (χ0v) is 13.0. The minimum atomic E-state index is -4.48. The minimum Gasteiger partial charge on any atom is -0.359 e. The van der Waals surface area contributed by atoms with Crippen LogP contribution in [0, 0.1) is 11.6 Å². The Morgan fingerprint density at radius 1 is 0.923 bits per heavy atom. The summed E-state index contributed by atoms with van der Waals surface area (Å²) in [7, 11) is 0. The highest BCUT2D eigenvalue weighted by Crippen LogP contribution is 2.35. The van der Waals surface area contributed by atoms with Gasteiger partial charge in [0.1, 0.15) is 5.82 Å². The smallest absolute Gasteiger partial charge is 0.359 e. The van der Waals surface area contributed by atoms with Crippen molar-refractivity contribution in [1.82, 2.24) is 9.97 Å². The summed E-state index contributed by atoms with van der Waals surface area (Å²) in [5.74, 6) is -1.70. The van der Waals surface area contributed by atoms with E-state index in [-0.39, 0.29) is 16.7 Å². The molecule has 0 amide bonds. The molecule has 3 nitrogen and oxygen atoms in total. The van der Waals surface area contributed by atoms with Gasteiger partial charge in [0.15, 0.2) is 11.6 Å². The summed E-state index contributed by atoms with van der Waals surface area (Å²) in [6, 6.07) is 8.53. The second kappa shape index (κ2) is 5.69. The molecule has 26 heavy (non-hydrogen) atoms. The summed E-state index contributed by atoms with van der Waals surface area (Å²) < 4.78 is 65.9. The third kappa shape index (κ3) is 2.73. The van der Waals surface area contributed by atoms with E-state index in [4.69, 9.17) is 0 Å². The van der Waals surface area contributed by atoms with Crippen molar-refractivity contribution in [1.29, 1.82) is 0 Å². The molecule has 0 bridgehead atoms. The molecule has 2 heterocycles. The lowest BCUT2D eigenvalue weighted by Gasteiger charge is -2.11. The Hall–Kier alpha value is -3.16. The van der Waals surface area contributed by atoms with Gasteiger partial charge in [-0.1, -0.05) is 6.07 Å². The Bertz CT molecular complexity index is 1130. The zero-order valence-electron chi connectivity index (χ0n) is 13.0. The van der Waals surface area contributed by atoms with Crippen LogP contribution in [0.15, 0.2) is 48.7 Å². The van der Waals surface area contributed by atoms with Crippen molar-refractivity contribution in [3.63, 3.8) is 0 Å². The molecule has 8 heteroatoms. The largest absolute Gasteiger partial charge is 0.417 e. The predicted octanol–water partition coefficient (Wildman–Crippen LogP) is 5.76. The number of halogens is 5. The van der Waals surface area contributed by atoms with Crippen molar-refractivity contribution in [3.05, 3.63) is 65.9 Å². The van der Waals surface area contributed by atoms with Gasteiger partial charge < -0.3 is 10.3 Å². The van der Waals surface area contributed by atoms with Gasteiger partial charge in [-0.3, -0.25) is 0 Å². The standard InChI is InChI=1S/C18H10F5N3/c19-12-6-10-15(7-13(12)20)24-8-16(10)26-17-5-4-9-11(18(21,22)23)2-1-3-14(9)25-17/h1-8,24H,(H,25,26). The number of hydrogen-bond donors (Lipinski definition) is 2. The van der Waals surface area contributed by atoms with Gasteiger partial charge >= 0.3 is 6.18 Å². The summed E-state index contributed by atoms with van der Waals surface area (Å²) in [4.78, 5) is 6.98. The lowest BCUT2D eigenvalue weighted by molar-refractivity contribution is -0.136. The Labute approximate surface area is 143 Å². The maximum Gasteiger partial charge on any atom is 0.417 e. The molecule has 0 saturated heterocycles. The second-order valence-electron chi connectivity index (χ2n) is 5.71. The number of anilines is 2. The van der Waals surface area contributed by atoms with E-state index in [0.29, 0.717) is 16.6 Å². The van der Waals surface area contributed by atoms with Crippen molar-refractivity contribution in [3.8, 4) is 0 Å². The first-order chi connectivity index (χ1) is 12.3. The van der Waals surface area contributed by atoms with Gasteiger partial charge in [0.25, 0.3) is 0 Å². The number of hydrogen-bond acceptors (Lipinski definition) is 2. The maximum atomic E-state index is 13.5. The van der Waals surface area contributed by atoms with E-state index >= 15 is 0 Å². The molecular weight excluding hydrogens is 353 g/mol. The molecule has 0 saturated carbocycles. The van der Waals surface area contributed by atoms with E-state index in [0.717, 1.165) is 18.2 Å². The number of aromatic nitrogens is 2. The highest BCUT2D eigenvalue weighted by atomic mass is 19.4. The number of alkyl halides is 3. The van der Waals surface area contributed by atoms with E-state index < -0.39 is 23.4 Å². The topological polar surface area (TPSA) is 40.7 Å². The van der Waals surface area contributed by atoms with Gasteiger partial charge in [0.05, 0.1) is 22.3 Å². The number of H-pyrrole nitrogens is 1. The number of rotatable bonds is 2. The molecule has 2 aromatic carbocycles. The van der Waals surface area contributed by atoms with E-state index in [1.54, 1.807) is 0 Å². The highest BCUT2D eigenvalue weighted by molar-refractivity contribution is 5.94. The van der Waals surface area contributed by atoms with Crippen LogP contribution in [-0.4, -0.2) is 9.97 Å². The molecule has 132 valence electrons. The Balaban J connectivity index is 1.76. The van der Waals surface area contributed by atoms with Crippen LogP contribution in [0.1, 0.15) is 5.56 Å². The van der Waals surface area contributed by atoms with E-state index in [9.17, 15) is 22.0 Å². The number of aromatic amines is 1. The monoisotopic (exact) mass is 363 g/mol. The van der Waals surface area contributed by atoms with Crippen LogP contribution < -0.4 is 5.32 Å². The molecule has 0 unspecified atom stereocenters. The van der Waals surface area contributed by atoms with Gasteiger partial charge in [-0.2, -0.15) is 13.2 Å². The molecule has 4 rings (SSSR count). The molecule has 0 spiro atoms. The van der Waals surface area contributed by atoms with Crippen molar-refractivity contribution >= 4 is 33.3 Å². The highest BCUT2D eigenvalue weighted by Gasteiger charge is 2.32. The van der Waals surface area contributed by atoms with Gasteiger partial charge in [-0.15, -0.1) is 0 Å². The van der Waals surface area contributed by atoms with E-state index in [1.807, 2.05) is 0 Å². The Morgan fingerprint density at radius 2 is 1.69 bits per heavy atom. The average Bonchev–Trinajstić information content (AvgIpc) is 2.95. The van der Waals surface area contributed by atoms with Crippen molar-refractivity contribution in [2.75, 3.05) is 5.32 Å². The molecule has 0 aliphatic carbocycles. The average molecular weight is 363 g/mol. The summed E-state index contributed by atoms with van der Waals surface area (Å²) in [5.41, 5.74) is 0.213. The quantitative estimate of drug-likeness (QED) is 0.445. The SMILES string of the molecule is Fc1cc2[nH]cc(Nc3ccc4c(C(F)(F)F)cccc4n3)c2cc1F. The first kappa shape index (κ1) is 16.3. The fourth-order valence-corrected chi connectivity index (χ4v) is 2.83. The van der Waals surface area contributed by atoms with Crippen molar-refractivity contribution < 1.29 is 22.0 Å². The summed E-state index contributed by atoms with van der Waals surface area (Å²) >= 11 is 0. The van der Waals surface area contributed by atoms with Crippen LogP contribution in [0.2, 0.25) is 0 Å². The zero-order chi connectivity index (χ0) is 18.5.